The first-order valence-corrected chi connectivity index (χ1v) is 5.44. The van der Waals surface area contributed by atoms with Crippen molar-refractivity contribution in [1.82, 2.24) is 15.0 Å². The Hall–Kier alpha value is -0.380. The monoisotopic (exact) mass is 231 g/mol. The van der Waals surface area contributed by atoms with Gasteiger partial charge in [0.1, 0.15) is 0 Å². The lowest BCUT2D eigenvalue weighted by atomic mass is 10.2. The van der Waals surface area contributed by atoms with E-state index in [9.17, 15) is 0 Å². The number of halogens is 1. The Balaban J connectivity index is 2.31. The van der Waals surface area contributed by atoms with Crippen molar-refractivity contribution in [2.24, 2.45) is 0 Å². The average Bonchev–Trinajstić information content (AvgIpc) is 2.53. The molecule has 0 aliphatic heterocycles. The molecule has 0 saturated carbocycles. The standard InChI is InChI=1S/C8H14BrN3/c1-2-3-4-5-12-7-8(6-9)10-11-12/h7H,2-6H2,1H3. The third-order valence-corrected chi connectivity index (χ3v) is 2.29. The molecule has 0 fully saturated rings. The van der Waals surface area contributed by atoms with Gasteiger partial charge >= 0.3 is 0 Å². The van der Waals surface area contributed by atoms with Gasteiger partial charge in [-0.2, -0.15) is 0 Å². The number of aromatic nitrogens is 3. The van der Waals surface area contributed by atoms with Gasteiger partial charge in [0.15, 0.2) is 0 Å². The van der Waals surface area contributed by atoms with Crippen LogP contribution in [-0.4, -0.2) is 15.0 Å². The van der Waals surface area contributed by atoms with Crippen LogP contribution < -0.4 is 0 Å². The normalized spacial score (nSPS) is 10.5. The van der Waals surface area contributed by atoms with Crippen LogP contribution in [0.25, 0.3) is 0 Å². The SMILES string of the molecule is CCCCCn1cc(CBr)nn1. The summed E-state index contributed by atoms with van der Waals surface area (Å²) in [5.74, 6) is 0. The first-order valence-electron chi connectivity index (χ1n) is 4.31. The fraction of sp³-hybridized carbons (Fsp3) is 0.750. The maximum absolute atomic E-state index is 4.00. The van der Waals surface area contributed by atoms with E-state index < -0.39 is 0 Å². The Kier molecular flexibility index (Phi) is 4.29. The maximum Gasteiger partial charge on any atom is 0.0932 e. The van der Waals surface area contributed by atoms with Crippen molar-refractivity contribution in [2.75, 3.05) is 0 Å². The summed E-state index contributed by atoms with van der Waals surface area (Å²) in [6.45, 7) is 3.19. The van der Waals surface area contributed by atoms with Crippen LogP contribution in [0.15, 0.2) is 6.20 Å². The second-order valence-electron chi connectivity index (χ2n) is 2.81. The Morgan fingerprint density at radius 3 is 2.92 bits per heavy atom. The lowest BCUT2D eigenvalue weighted by molar-refractivity contribution is 0.537. The van der Waals surface area contributed by atoms with Gasteiger partial charge in [0.05, 0.1) is 5.69 Å². The first kappa shape index (κ1) is 9.71. The quantitative estimate of drug-likeness (QED) is 0.576. The molecule has 0 amide bonds. The van der Waals surface area contributed by atoms with E-state index in [0.717, 1.165) is 17.6 Å². The fourth-order valence-corrected chi connectivity index (χ4v) is 1.29. The number of hydrogen-bond donors (Lipinski definition) is 0. The highest BCUT2D eigenvalue weighted by molar-refractivity contribution is 9.08. The molecule has 0 aromatic carbocycles. The van der Waals surface area contributed by atoms with Gasteiger partial charge in [-0.25, -0.2) is 0 Å². The van der Waals surface area contributed by atoms with E-state index >= 15 is 0 Å². The molecule has 1 rings (SSSR count). The fourth-order valence-electron chi connectivity index (χ4n) is 1.03. The molecule has 0 unspecified atom stereocenters. The molecule has 0 saturated heterocycles. The van der Waals surface area contributed by atoms with Crippen LogP contribution in [0.5, 0.6) is 0 Å². The smallest absolute Gasteiger partial charge is 0.0932 e. The summed E-state index contributed by atoms with van der Waals surface area (Å²) in [5.41, 5.74) is 1.01. The van der Waals surface area contributed by atoms with Crippen molar-refractivity contribution in [3.63, 3.8) is 0 Å². The van der Waals surface area contributed by atoms with Crippen LogP contribution in [0.1, 0.15) is 31.9 Å². The highest BCUT2D eigenvalue weighted by Crippen LogP contribution is 2.01. The predicted molar refractivity (Wildman–Crippen MR) is 52.2 cm³/mol. The van der Waals surface area contributed by atoms with Crippen LogP contribution >= 0.6 is 15.9 Å². The third-order valence-electron chi connectivity index (χ3n) is 1.71. The second kappa shape index (κ2) is 5.30. The summed E-state index contributed by atoms with van der Waals surface area (Å²) < 4.78 is 1.91. The molecular weight excluding hydrogens is 218 g/mol. The summed E-state index contributed by atoms with van der Waals surface area (Å²) in [5, 5.41) is 8.77. The average molecular weight is 232 g/mol. The zero-order valence-electron chi connectivity index (χ0n) is 7.33. The third kappa shape index (κ3) is 2.93. The highest BCUT2D eigenvalue weighted by atomic mass is 79.9. The van der Waals surface area contributed by atoms with Crippen molar-refractivity contribution in [2.45, 2.75) is 38.1 Å². The molecule has 0 radical (unpaired) electrons. The molecule has 12 heavy (non-hydrogen) atoms. The molecule has 1 aromatic rings. The molecule has 1 aromatic heterocycles. The minimum absolute atomic E-state index is 0.792. The minimum atomic E-state index is 0.792. The van der Waals surface area contributed by atoms with Crippen LogP contribution in [0.2, 0.25) is 0 Å². The molecule has 0 spiro atoms. The Bertz CT molecular complexity index is 222. The van der Waals surface area contributed by atoms with E-state index in [1.54, 1.807) is 0 Å². The van der Waals surface area contributed by atoms with Crippen molar-refractivity contribution in [1.29, 1.82) is 0 Å². The van der Waals surface area contributed by atoms with E-state index in [1.807, 2.05) is 10.9 Å². The van der Waals surface area contributed by atoms with Gasteiger partial charge in [0.2, 0.25) is 0 Å². The number of aryl methyl sites for hydroxylation is 1. The van der Waals surface area contributed by atoms with Gasteiger partial charge < -0.3 is 0 Å². The van der Waals surface area contributed by atoms with E-state index in [1.165, 1.54) is 19.3 Å². The molecule has 0 aliphatic rings. The Labute approximate surface area is 81.3 Å². The van der Waals surface area contributed by atoms with Crippen molar-refractivity contribution in [3.05, 3.63) is 11.9 Å². The van der Waals surface area contributed by atoms with Gasteiger partial charge in [0.25, 0.3) is 0 Å². The summed E-state index contributed by atoms with van der Waals surface area (Å²) in [6, 6.07) is 0. The van der Waals surface area contributed by atoms with Gasteiger partial charge in [-0.05, 0) is 6.42 Å². The van der Waals surface area contributed by atoms with Crippen molar-refractivity contribution >= 4 is 15.9 Å². The van der Waals surface area contributed by atoms with Gasteiger partial charge in [0, 0.05) is 18.1 Å². The number of hydrogen-bond acceptors (Lipinski definition) is 2. The zero-order chi connectivity index (χ0) is 8.81. The summed E-state index contributed by atoms with van der Waals surface area (Å²) in [6.07, 6.45) is 5.70. The Morgan fingerprint density at radius 1 is 1.50 bits per heavy atom. The summed E-state index contributed by atoms with van der Waals surface area (Å²) in [4.78, 5) is 0. The van der Waals surface area contributed by atoms with Gasteiger partial charge in [-0.15, -0.1) is 5.10 Å². The second-order valence-corrected chi connectivity index (χ2v) is 3.37. The van der Waals surface area contributed by atoms with E-state index in [0.29, 0.717) is 0 Å². The van der Waals surface area contributed by atoms with Crippen LogP contribution in [0.3, 0.4) is 0 Å². The molecule has 0 bridgehead atoms. The van der Waals surface area contributed by atoms with E-state index in [-0.39, 0.29) is 0 Å². The maximum atomic E-state index is 4.00. The number of rotatable bonds is 5. The van der Waals surface area contributed by atoms with Crippen molar-refractivity contribution < 1.29 is 0 Å². The van der Waals surface area contributed by atoms with Gasteiger partial charge in [-0.3, -0.25) is 4.68 Å². The van der Waals surface area contributed by atoms with Crippen LogP contribution in [0, 0.1) is 0 Å². The summed E-state index contributed by atoms with van der Waals surface area (Å²) in [7, 11) is 0. The lowest BCUT2D eigenvalue weighted by Crippen LogP contribution is -1.98. The molecule has 0 atom stereocenters. The molecule has 0 aliphatic carbocycles. The Morgan fingerprint density at radius 2 is 2.33 bits per heavy atom. The van der Waals surface area contributed by atoms with Crippen molar-refractivity contribution in [3.8, 4) is 0 Å². The van der Waals surface area contributed by atoms with E-state index in [4.69, 9.17) is 0 Å². The van der Waals surface area contributed by atoms with E-state index in [2.05, 4.69) is 33.2 Å². The van der Waals surface area contributed by atoms with Crippen LogP contribution in [0.4, 0.5) is 0 Å². The molecule has 68 valence electrons. The topological polar surface area (TPSA) is 30.7 Å². The number of alkyl halides is 1. The highest BCUT2D eigenvalue weighted by Gasteiger charge is 1.97. The lowest BCUT2D eigenvalue weighted by Gasteiger charge is -1.96. The van der Waals surface area contributed by atoms with Gasteiger partial charge in [-0.1, -0.05) is 40.9 Å². The molecule has 0 N–H and O–H groups in total. The van der Waals surface area contributed by atoms with Crippen LogP contribution in [-0.2, 0) is 11.9 Å². The molecule has 4 heteroatoms. The predicted octanol–water partition coefficient (Wildman–Crippen LogP) is 2.36. The zero-order valence-corrected chi connectivity index (χ0v) is 8.92. The number of unbranched alkanes of at least 4 members (excludes halogenated alkanes) is 2. The first-order chi connectivity index (χ1) is 5.86. The number of nitrogens with zero attached hydrogens (tertiary/aromatic N) is 3. The largest absolute Gasteiger partial charge is 0.252 e. The molecule has 3 nitrogen and oxygen atoms in total. The summed E-state index contributed by atoms with van der Waals surface area (Å²) >= 11 is 3.34. The minimum Gasteiger partial charge on any atom is -0.252 e. The molecular formula is C8H14BrN3. The molecule has 1 heterocycles.